The van der Waals surface area contributed by atoms with E-state index in [0.717, 1.165) is 49.8 Å². The molecule has 5 rings (SSSR count). The molecule has 2 amide bonds. The van der Waals surface area contributed by atoms with Gasteiger partial charge in [-0.3, -0.25) is 9.36 Å². The summed E-state index contributed by atoms with van der Waals surface area (Å²) in [5, 5.41) is 9.58. The molecule has 1 aliphatic rings. The molecule has 7 nitrogen and oxygen atoms in total. The third-order valence-electron chi connectivity index (χ3n) is 7.40. The van der Waals surface area contributed by atoms with Gasteiger partial charge in [-0.05, 0) is 61.7 Å². The highest BCUT2D eigenvalue weighted by Gasteiger charge is 2.36. The fraction of sp³-hybridized carbons (Fsp3) is 0.323. The average molecular weight is 564 g/mol. The molecule has 214 valence electrons. The molecule has 1 fully saturated rings. The van der Waals surface area contributed by atoms with E-state index in [2.05, 4.69) is 16.0 Å². The van der Waals surface area contributed by atoms with E-state index in [1.54, 1.807) is 31.2 Å². The molecule has 3 aromatic carbocycles. The molecule has 41 heavy (non-hydrogen) atoms. The van der Waals surface area contributed by atoms with Gasteiger partial charge in [-0.2, -0.15) is 13.2 Å². The van der Waals surface area contributed by atoms with Crippen LogP contribution in [0.3, 0.4) is 0 Å². The first-order chi connectivity index (χ1) is 19.6. The first kappa shape index (κ1) is 28.2. The smallest absolute Gasteiger partial charge is 0.357 e. The number of halogens is 3. The van der Waals surface area contributed by atoms with Gasteiger partial charge in [-0.1, -0.05) is 61.7 Å². The highest BCUT2D eigenvalue weighted by atomic mass is 19.4. The second-order valence-electron chi connectivity index (χ2n) is 10.6. The standard InChI is InChI=1S/C31H32F3N5O2/c1-30(38-29(41)35-23-12-6-3-7-13-23,37-24-18-16-22(17-19-24)31(32,33)34)28-36-26-15-9-8-14-25(26)27(40)39(28)20-21-10-4-2-5-11-21/h2,4-5,8-11,14-19,23,37H,3,6-7,12-13,20H2,1H3,(H2,35,38,41). The van der Waals surface area contributed by atoms with Crippen molar-refractivity contribution in [2.75, 3.05) is 5.32 Å². The monoisotopic (exact) mass is 563 g/mol. The van der Waals surface area contributed by atoms with Crippen molar-refractivity contribution in [2.24, 2.45) is 0 Å². The third kappa shape index (κ3) is 6.53. The Kier molecular flexibility index (Phi) is 8.01. The summed E-state index contributed by atoms with van der Waals surface area (Å²) in [6.07, 6.45) is 0.409. The van der Waals surface area contributed by atoms with E-state index in [1.807, 2.05) is 30.3 Å². The Bertz CT molecular complexity index is 1570. The SMILES string of the molecule is CC(NC(=O)NC1CCCCC1)(Nc1ccc(C(F)(F)F)cc1)c1nc2ccccc2c(=O)n1Cc1ccccc1. The van der Waals surface area contributed by atoms with Crippen LogP contribution in [-0.4, -0.2) is 21.6 Å². The topological polar surface area (TPSA) is 88.1 Å². The van der Waals surface area contributed by atoms with E-state index in [4.69, 9.17) is 4.98 Å². The number of nitrogens with zero attached hydrogens (tertiary/aromatic N) is 2. The fourth-order valence-electron chi connectivity index (χ4n) is 5.33. The number of hydrogen-bond donors (Lipinski definition) is 3. The summed E-state index contributed by atoms with van der Waals surface area (Å²) in [4.78, 5) is 32.1. The van der Waals surface area contributed by atoms with Crippen molar-refractivity contribution in [3.8, 4) is 0 Å². The molecule has 1 heterocycles. The molecule has 1 unspecified atom stereocenters. The molecule has 0 saturated heterocycles. The van der Waals surface area contributed by atoms with Crippen molar-refractivity contribution in [3.05, 3.63) is 106 Å². The van der Waals surface area contributed by atoms with Crippen LogP contribution in [-0.2, 0) is 18.4 Å². The number of para-hydroxylation sites is 1. The summed E-state index contributed by atoms with van der Waals surface area (Å²) in [5.41, 5.74) is -0.992. The Morgan fingerprint density at radius 2 is 1.59 bits per heavy atom. The van der Waals surface area contributed by atoms with Crippen LogP contribution in [0.25, 0.3) is 10.9 Å². The van der Waals surface area contributed by atoms with Gasteiger partial charge in [-0.15, -0.1) is 0 Å². The van der Waals surface area contributed by atoms with Crippen LogP contribution < -0.4 is 21.5 Å². The first-order valence-electron chi connectivity index (χ1n) is 13.7. The predicted octanol–water partition coefficient (Wildman–Crippen LogP) is 6.38. The third-order valence-corrected chi connectivity index (χ3v) is 7.40. The molecule has 10 heteroatoms. The lowest BCUT2D eigenvalue weighted by Gasteiger charge is -2.35. The zero-order valence-electron chi connectivity index (χ0n) is 22.7. The van der Waals surface area contributed by atoms with Crippen molar-refractivity contribution in [2.45, 2.75) is 63.5 Å². The summed E-state index contributed by atoms with van der Waals surface area (Å²) in [7, 11) is 0. The molecule has 0 bridgehead atoms. The molecule has 0 spiro atoms. The second kappa shape index (κ2) is 11.6. The van der Waals surface area contributed by atoms with Gasteiger partial charge in [-0.25, -0.2) is 9.78 Å². The highest BCUT2D eigenvalue weighted by molar-refractivity contribution is 5.78. The molecule has 1 aliphatic carbocycles. The van der Waals surface area contributed by atoms with Crippen molar-refractivity contribution in [1.82, 2.24) is 20.2 Å². The summed E-state index contributed by atoms with van der Waals surface area (Å²) in [6, 6.07) is 20.4. The number of nitrogens with one attached hydrogen (secondary N) is 3. The van der Waals surface area contributed by atoms with Crippen LogP contribution in [0.4, 0.5) is 23.7 Å². The number of hydrogen-bond acceptors (Lipinski definition) is 4. The quantitative estimate of drug-likeness (QED) is 0.228. The van der Waals surface area contributed by atoms with Crippen LogP contribution in [0.15, 0.2) is 83.7 Å². The largest absolute Gasteiger partial charge is 0.416 e. The zero-order chi connectivity index (χ0) is 29.0. The maximum atomic E-state index is 13.9. The molecular weight excluding hydrogens is 531 g/mol. The molecule has 4 aromatic rings. The molecule has 1 aromatic heterocycles. The van der Waals surface area contributed by atoms with Gasteiger partial charge in [0.05, 0.1) is 23.0 Å². The van der Waals surface area contributed by atoms with Crippen LogP contribution in [0, 0.1) is 0 Å². The number of rotatable bonds is 7. The maximum absolute atomic E-state index is 13.9. The van der Waals surface area contributed by atoms with E-state index >= 15 is 0 Å². The van der Waals surface area contributed by atoms with Crippen LogP contribution in [0.1, 0.15) is 56.0 Å². The lowest BCUT2D eigenvalue weighted by Crippen LogP contribution is -2.57. The summed E-state index contributed by atoms with van der Waals surface area (Å²) >= 11 is 0. The average Bonchev–Trinajstić information content (AvgIpc) is 2.95. The second-order valence-corrected chi connectivity index (χ2v) is 10.6. The Labute approximate surface area is 235 Å². The van der Waals surface area contributed by atoms with Gasteiger partial charge in [0.15, 0.2) is 11.5 Å². The fourth-order valence-corrected chi connectivity index (χ4v) is 5.33. The number of benzene rings is 3. The highest BCUT2D eigenvalue weighted by Crippen LogP contribution is 2.31. The van der Waals surface area contributed by atoms with Crippen molar-refractivity contribution >= 4 is 22.6 Å². The minimum atomic E-state index is -4.49. The van der Waals surface area contributed by atoms with Gasteiger partial charge in [0.2, 0.25) is 0 Å². The van der Waals surface area contributed by atoms with Gasteiger partial charge in [0, 0.05) is 11.7 Å². The van der Waals surface area contributed by atoms with E-state index in [9.17, 15) is 22.8 Å². The number of anilines is 1. The minimum Gasteiger partial charge on any atom is -0.357 e. The van der Waals surface area contributed by atoms with Crippen LogP contribution in [0.5, 0.6) is 0 Å². The number of urea groups is 1. The number of fused-ring (bicyclic) bond motifs is 1. The van der Waals surface area contributed by atoms with Crippen molar-refractivity contribution in [1.29, 1.82) is 0 Å². The van der Waals surface area contributed by atoms with E-state index in [0.29, 0.717) is 16.6 Å². The molecule has 0 aliphatic heterocycles. The Hall–Kier alpha value is -4.34. The van der Waals surface area contributed by atoms with Crippen LogP contribution >= 0.6 is 0 Å². The molecule has 1 atom stereocenters. The number of aromatic nitrogens is 2. The Balaban J connectivity index is 1.60. The predicted molar refractivity (Wildman–Crippen MR) is 153 cm³/mol. The number of alkyl halides is 3. The molecular formula is C31H32F3N5O2. The lowest BCUT2D eigenvalue weighted by molar-refractivity contribution is -0.137. The summed E-state index contributed by atoms with van der Waals surface area (Å²) in [6.45, 7) is 1.83. The van der Waals surface area contributed by atoms with E-state index < -0.39 is 23.4 Å². The maximum Gasteiger partial charge on any atom is 0.416 e. The van der Waals surface area contributed by atoms with Gasteiger partial charge in [0.25, 0.3) is 5.56 Å². The number of carbonyl (C=O) groups is 1. The van der Waals surface area contributed by atoms with E-state index in [1.165, 1.54) is 16.7 Å². The van der Waals surface area contributed by atoms with Gasteiger partial charge in [0.1, 0.15) is 0 Å². The van der Waals surface area contributed by atoms with Crippen LogP contribution in [0.2, 0.25) is 0 Å². The lowest BCUT2D eigenvalue weighted by atomic mass is 9.96. The Morgan fingerprint density at radius 3 is 2.27 bits per heavy atom. The van der Waals surface area contributed by atoms with Crippen molar-refractivity contribution in [3.63, 3.8) is 0 Å². The molecule has 1 saturated carbocycles. The van der Waals surface area contributed by atoms with Gasteiger partial charge < -0.3 is 16.0 Å². The summed E-state index contributed by atoms with van der Waals surface area (Å²) < 4.78 is 41.2. The first-order valence-corrected chi connectivity index (χ1v) is 13.7. The molecule has 0 radical (unpaired) electrons. The molecule has 3 N–H and O–H groups in total. The van der Waals surface area contributed by atoms with E-state index in [-0.39, 0.29) is 24.0 Å². The Morgan fingerprint density at radius 1 is 0.927 bits per heavy atom. The number of amides is 2. The normalized spacial score (nSPS) is 15.7. The zero-order valence-corrected chi connectivity index (χ0v) is 22.7. The summed E-state index contributed by atoms with van der Waals surface area (Å²) in [5.74, 6) is 0.212. The van der Waals surface area contributed by atoms with Crippen molar-refractivity contribution < 1.29 is 18.0 Å². The minimum absolute atomic E-state index is 0.00939. The van der Waals surface area contributed by atoms with Gasteiger partial charge >= 0.3 is 12.2 Å². The number of carbonyl (C=O) groups excluding carboxylic acids is 1.